The normalized spacial score (nSPS) is 28.3. The Labute approximate surface area is 203 Å². The molecular weight excluding hydrogens is 428 g/mol. The second kappa shape index (κ2) is 8.99. The number of nitrogens with zero attached hydrogens (tertiary/aromatic N) is 3. The molecule has 7 nitrogen and oxygen atoms in total. The highest BCUT2D eigenvalue weighted by Gasteiger charge is 2.62. The number of carbonyl (C=O) groups is 3. The quantitative estimate of drug-likeness (QED) is 0.642. The van der Waals surface area contributed by atoms with Crippen LogP contribution in [0.3, 0.4) is 0 Å². The number of urea groups is 1. The van der Waals surface area contributed by atoms with Gasteiger partial charge in [0.25, 0.3) is 5.91 Å². The Morgan fingerprint density at radius 1 is 1.09 bits per heavy atom. The topological polar surface area (TPSA) is 73.0 Å². The summed E-state index contributed by atoms with van der Waals surface area (Å²) in [6.45, 7) is 10.7. The Bertz CT molecular complexity index is 925. The van der Waals surface area contributed by atoms with Crippen LogP contribution in [0.2, 0.25) is 0 Å². The van der Waals surface area contributed by atoms with Crippen LogP contribution in [0.15, 0.2) is 30.3 Å². The van der Waals surface area contributed by atoms with Crippen molar-refractivity contribution in [2.24, 2.45) is 5.41 Å². The van der Waals surface area contributed by atoms with Crippen LogP contribution in [-0.4, -0.2) is 69.8 Å². The third-order valence-electron chi connectivity index (χ3n) is 7.96. The average molecular weight is 469 g/mol. The molecule has 3 atom stereocenters. The summed E-state index contributed by atoms with van der Waals surface area (Å²) in [5.41, 5.74) is -0.0440. The molecule has 3 heterocycles. The maximum atomic E-state index is 13.3. The Morgan fingerprint density at radius 3 is 2.21 bits per heavy atom. The van der Waals surface area contributed by atoms with Gasteiger partial charge < -0.3 is 10.2 Å². The Morgan fingerprint density at radius 2 is 1.68 bits per heavy atom. The summed E-state index contributed by atoms with van der Waals surface area (Å²) in [6.07, 6.45) is 4.30. The van der Waals surface area contributed by atoms with Crippen LogP contribution in [-0.2, 0) is 9.59 Å². The fourth-order valence-electron chi connectivity index (χ4n) is 6.27. The first-order valence-corrected chi connectivity index (χ1v) is 12.7. The van der Waals surface area contributed by atoms with Crippen molar-refractivity contribution in [2.75, 3.05) is 13.6 Å². The molecule has 7 heteroatoms. The molecule has 3 aliphatic heterocycles. The van der Waals surface area contributed by atoms with Crippen molar-refractivity contribution in [3.05, 3.63) is 35.9 Å². The first-order valence-electron chi connectivity index (χ1n) is 12.7. The van der Waals surface area contributed by atoms with Crippen molar-refractivity contribution in [3.63, 3.8) is 0 Å². The fraction of sp³-hybridized carbons (Fsp3) is 0.667. The zero-order valence-electron chi connectivity index (χ0n) is 21.5. The van der Waals surface area contributed by atoms with Crippen molar-refractivity contribution in [2.45, 2.75) is 96.4 Å². The summed E-state index contributed by atoms with van der Waals surface area (Å²) in [5.74, 6) is 0.00921. The molecule has 0 radical (unpaired) electrons. The number of hydrogen-bond acceptors (Lipinski definition) is 4. The minimum absolute atomic E-state index is 0.0116. The van der Waals surface area contributed by atoms with Gasteiger partial charge in [-0.3, -0.25) is 19.4 Å². The van der Waals surface area contributed by atoms with Gasteiger partial charge in [0, 0.05) is 37.1 Å². The van der Waals surface area contributed by atoms with Crippen LogP contribution in [0.5, 0.6) is 0 Å². The molecule has 0 aromatic heterocycles. The molecule has 2 unspecified atom stereocenters. The van der Waals surface area contributed by atoms with Gasteiger partial charge in [-0.15, -0.1) is 0 Å². The Hall–Kier alpha value is -2.41. The van der Waals surface area contributed by atoms with Crippen LogP contribution >= 0.6 is 0 Å². The molecule has 1 aromatic rings. The monoisotopic (exact) mass is 468 g/mol. The molecule has 1 spiro atoms. The summed E-state index contributed by atoms with van der Waals surface area (Å²) in [4.78, 5) is 44.7. The van der Waals surface area contributed by atoms with E-state index in [9.17, 15) is 14.4 Å². The van der Waals surface area contributed by atoms with Gasteiger partial charge in [-0.05, 0) is 51.5 Å². The predicted octanol–water partition coefficient (Wildman–Crippen LogP) is 3.95. The van der Waals surface area contributed by atoms with Crippen LogP contribution in [0.25, 0.3) is 0 Å². The highest BCUT2D eigenvalue weighted by molar-refractivity contribution is 6.07. The number of amides is 4. The number of piperidine rings is 1. The van der Waals surface area contributed by atoms with E-state index in [4.69, 9.17) is 0 Å². The third kappa shape index (κ3) is 4.23. The number of rotatable bonds is 6. The first kappa shape index (κ1) is 24.7. The largest absolute Gasteiger partial charge is 0.349 e. The lowest BCUT2D eigenvalue weighted by atomic mass is 9.80. The van der Waals surface area contributed by atoms with Gasteiger partial charge in [0.1, 0.15) is 5.54 Å². The van der Waals surface area contributed by atoms with E-state index in [2.05, 4.69) is 22.3 Å². The van der Waals surface area contributed by atoms with Gasteiger partial charge >= 0.3 is 6.03 Å². The molecule has 1 aromatic carbocycles. The van der Waals surface area contributed by atoms with E-state index < -0.39 is 11.0 Å². The zero-order valence-corrected chi connectivity index (χ0v) is 21.5. The van der Waals surface area contributed by atoms with Gasteiger partial charge in [-0.1, -0.05) is 51.1 Å². The molecule has 0 saturated carbocycles. The van der Waals surface area contributed by atoms with Crippen molar-refractivity contribution in [1.29, 1.82) is 0 Å². The number of benzene rings is 1. The second-order valence-electron chi connectivity index (χ2n) is 11.6. The molecule has 1 N–H and O–H groups in total. The van der Waals surface area contributed by atoms with Crippen LogP contribution in [0.1, 0.15) is 78.3 Å². The average Bonchev–Trinajstić information content (AvgIpc) is 3.12. The number of imide groups is 1. The van der Waals surface area contributed by atoms with Crippen molar-refractivity contribution in [3.8, 4) is 0 Å². The molecule has 3 aliphatic rings. The molecule has 0 aliphatic carbocycles. The molecule has 3 fully saturated rings. The highest BCUT2D eigenvalue weighted by atomic mass is 16.2. The van der Waals surface area contributed by atoms with E-state index in [1.165, 1.54) is 4.90 Å². The van der Waals surface area contributed by atoms with Crippen LogP contribution in [0, 0.1) is 5.41 Å². The summed E-state index contributed by atoms with van der Waals surface area (Å²) in [7, 11) is 1.62. The number of likely N-dealkylation sites (N-methyl/N-ethyl adjacent to an activating group) is 1. The van der Waals surface area contributed by atoms with Gasteiger partial charge in [0.05, 0.1) is 6.04 Å². The van der Waals surface area contributed by atoms with Crippen molar-refractivity contribution < 1.29 is 14.4 Å². The fourth-order valence-corrected chi connectivity index (χ4v) is 6.27. The number of fused-ring (bicyclic) bond motifs is 2. The van der Waals surface area contributed by atoms with Crippen molar-refractivity contribution in [1.82, 2.24) is 20.0 Å². The standard InChI is InChI=1S/C27H40N4O3/c1-18(2)31-25(34)29(6)24(33)27(31)16-20-12-13-21(17-27)30(20)15-14-22(19-10-8-7-9-11-19)28-23(32)26(3,4)5/h7-11,18,20-22H,12-17H2,1-6H3,(H,28,32)/t20?,21?,22-,27?/m0/s1. The van der Waals surface area contributed by atoms with E-state index >= 15 is 0 Å². The maximum Gasteiger partial charge on any atom is 0.327 e. The molecule has 4 amide bonds. The van der Waals surface area contributed by atoms with Crippen LogP contribution < -0.4 is 5.32 Å². The minimum atomic E-state index is -0.707. The first-order chi connectivity index (χ1) is 16.0. The molecule has 3 saturated heterocycles. The summed E-state index contributed by atoms with van der Waals surface area (Å²) < 4.78 is 0. The number of hydrogen-bond donors (Lipinski definition) is 1. The van der Waals surface area contributed by atoms with Gasteiger partial charge in [-0.2, -0.15) is 0 Å². The minimum Gasteiger partial charge on any atom is -0.349 e. The Kier molecular flexibility index (Phi) is 6.53. The smallest absolute Gasteiger partial charge is 0.327 e. The maximum absolute atomic E-state index is 13.3. The SMILES string of the molecule is CC(C)N1C(=O)N(C)C(=O)C12CC1CCC(C2)N1CC[C@H](NC(=O)C(C)(C)C)c1ccccc1. The number of carbonyl (C=O) groups excluding carboxylic acids is 3. The second-order valence-corrected chi connectivity index (χ2v) is 11.6. The summed E-state index contributed by atoms with van der Waals surface area (Å²) >= 11 is 0. The lowest BCUT2D eigenvalue weighted by Crippen LogP contribution is -2.61. The molecular formula is C27H40N4O3. The van der Waals surface area contributed by atoms with E-state index in [-0.39, 0.29) is 42.0 Å². The van der Waals surface area contributed by atoms with E-state index in [0.29, 0.717) is 12.8 Å². The number of nitrogens with one attached hydrogen (secondary N) is 1. The lowest BCUT2D eigenvalue weighted by molar-refractivity contribution is -0.137. The predicted molar refractivity (Wildman–Crippen MR) is 132 cm³/mol. The van der Waals surface area contributed by atoms with E-state index in [0.717, 1.165) is 31.4 Å². The van der Waals surface area contributed by atoms with Crippen molar-refractivity contribution >= 4 is 17.8 Å². The Balaban J connectivity index is 1.51. The summed E-state index contributed by atoms with van der Waals surface area (Å²) in [6, 6.07) is 10.5. The van der Waals surface area contributed by atoms with Crippen LogP contribution in [0.4, 0.5) is 4.79 Å². The zero-order chi connectivity index (χ0) is 24.8. The third-order valence-corrected chi connectivity index (χ3v) is 7.96. The van der Waals surface area contributed by atoms with Gasteiger partial charge in [0.15, 0.2) is 0 Å². The van der Waals surface area contributed by atoms with Gasteiger partial charge in [0.2, 0.25) is 5.91 Å². The summed E-state index contributed by atoms with van der Waals surface area (Å²) in [5, 5.41) is 3.27. The molecule has 186 valence electrons. The molecule has 2 bridgehead atoms. The van der Waals surface area contributed by atoms with E-state index in [1.807, 2.05) is 57.7 Å². The molecule has 4 rings (SSSR count). The molecule has 34 heavy (non-hydrogen) atoms. The lowest BCUT2D eigenvalue weighted by Gasteiger charge is -2.48. The van der Waals surface area contributed by atoms with Gasteiger partial charge in [-0.25, -0.2) is 4.79 Å². The van der Waals surface area contributed by atoms with E-state index in [1.54, 1.807) is 7.05 Å². The highest BCUT2D eigenvalue weighted by Crippen LogP contribution is 2.48.